The fraction of sp³-hybridized carbons (Fsp3) is 1.00. The summed E-state index contributed by atoms with van der Waals surface area (Å²) in [6.07, 6.45) is 18.0. The van der Waals surface area contributed by atoms with Crippen LogP contribution in [-0.2, 0) is 0 Å². The van der Waals surface area contributed by atoms with Crippen molar-refractivity contribution in [2.24, 2.45) is 10.8 Å². The maximum atomic E-state index is 3.93. The summed E-state index contributed by atoms with van der Waals surface area (Å²) >= 11 is 0. The highest BCUT2D eigenvalue weighted by molar-refractivity contribution is 5.03. The van der Waals surface area contributed by atoms with Gasteiger partial charge < -0.3 is 5.32 Å². The first-order valence-electron chi connectivity index (χ1n) is 10.6. The average Bonchev–Trinajstić information content (AvgIpc) is 2.95. The zero-order valence-corrected chi connectivity index (χ0v) is 16.0. The molecule has 3 aliphatic rings. The molecule has 3 fully saturated rings. The number of likely N-dealkylation sites (tertiary alicyclic amines) is 1. The van der Waals surface area contributed by atoms with Crippen molar-refractivity contribution in [3.63, 3.8) is 0 Å². The summed E-state index contributed by atoms with van der Waals surface area (Å²) in [4.78, 5) is 2.85. The van der Waals surface area contributed by atoms with Crippen LogP contribution in [0.3, 0.4) is 0 Å². The van der Waals surface area contributed by atoms with Crippen LogP contribution in [0, 0.1) is 10.8 Å². The van der Waals surface area contributed by atoms with Gasteiger partial charge in [-0.3, -0.25) is 4.90 Å². The van der Waals surface area contributed by atoms with Crippen molar-refractivity contribution in [2.75, 3.05) is 13.1 Å². The third-order valence-corrected chi connectivity index (χ3v) is 7.59. The van der Waals surface area contributed by atoms with E-state index in [0.29, 0.717) is 17.0 Å². The molecule has 2 heteroatoms. The number of piperidine rings is 1. The lowest BCUT2D eigenvalue weighted by atomic mass is 9.59. The topological polar surface area (TPSA) is 15.3 Å². The fourth-order valence-electron chi connectivity index (χ4n) is 6.27. The summed E-state index contributed by atoms with van der Waals surface area (Å²) in [5.41, 5.74) is 1.28. The minimum absolute atomic E-state index is 0.594. The highest BCUT2D eigenvalue weighted by atomic mass is 15.3. The standard InChI is InChI=1S/C21H40N2/c1-4-9-20(10-5-2)11-13-21(14-12-20)15-16-22-19(21)23-17-7-6-8-18(23)3/h18-19,22H,4-17H2,1-3H3. The van der Waals surface area contributed by atoms with Crippen molar-refractivity contribution in [3.8, 4) is 0 Å². The molecule has 2 nitrogen and oxygen atoms in total. The lowest BCUT2D eigenvalue weighted by molar-refractivity contribution is -0.0261. The van der Waals surface area contributed by atoms with E-state index in [1.54, 1.807) is 0 Å². The predicted octanol–water partition coefficient (Wildman–Crippen LogP) is 5.33. The van der Waals surface area contributed by atoms with E-state index in [1.165, 1.54) is 90.1 Å². The SMILES string of the molecule is CCCC1(CCC)CCC2(CCNC2N2CCCCC2C)CC1. The number of nitrogens with one attached hydrogen (secondary N) is 1. The van der Waals surface area contributed by atoms with Crippen molar-refractivity contribution >= 4 is 0 Å². The van der Waals surface area contributed by atoms with Crippen molar-refractivity contribution in [2.45, 2.75) is 110 Å². The lowest BCUT2D eigenvalue weighted by Gasteiger charge is -2.52. The third kappa shape index (κ3) is 3.49. The monoisotopic (exact) mass is 320 g/mol. The Kier molecular flexibility index (Phi) is 5.73. The van der Waals surface area contributed by atoms with Gasteiger partial charge in [0.15, 0.2) is 0 Å². The molecule has 0 aromatic heterocycles. The molecule has 2 aliphatic heterocycles. The molecular weight excluding hydrogens is 280 g/mol. The Morgan fingerprint density at radius 1 is 0.957 bits per heavy atom. The molecule has 0 radical (unpaired) electrons. The third-order valence-electron chi connectivity index (χ3n) is 7.59. The maximum absolute atomic E-state index is 3.93. The van der Waals surface area contributed by atoms with Crippen molar-refractivity contribution in [1.82, 2.24) is 10.2 Å². The molecule has 2 saturated heterocycles. The molecule has 1 aliphatic carbocycles. The van der Waals surface area contributed by atoms with E-state index >= 15 is 0 Å². The van der Waals surface area contributed by atoms with E-state index in [-0.39, 0.29) is 0 Å². The second-order valence-electron chi connectivity index (χ2n) is 9.05. The molecule has 2 atom stereocenters. The van der Waals surface area contributed by atoms with Crippen LogP contribution in [0.5, 0.6) is 0 Å². The van der Waals surface area contributed by atoms with E-state index < -0.39 is 0 Å². The first kappa shape index (κ1) is 17.7. The molecule has 0 bridgehead atoms. The molecule has 2 unspecified atom stereocenters. The van der Waals surface area contributed by atoms with Crippen LogP contribution in [0.25, 0.3) is 0 Å². The Balaban J connectivity index is 1.70. The maximum Gasteiger partial charge on any atom is 0.0657 e. The van der Waals surface area contributed by atoms with Gasteiger partial charge in [-0.15, -0.1) is 0 Å². The second-order valence-corrected chi connectivity index (χ2v) is 9.05. The number of hydrogen-bond acceptors (Lipinski definition) is 2. The van der Waals surface area contributed by atoms with Crippen LogP contribution in [0.1, 0.15) is 97.8 Å². The lowest BCUT2D eigenvalue weighted by Crippen LogP contribution is -2.57. The van der Waals surface area contributed by atoms with Gasteiger partial charge in [0.05, 0.1) is 6.17 Å². The quantitative estimate of drug-likeness (QED) is 0.737. The van der Waals surface area contributed by atoms with Crippen LogP contribution >= 0.6 is 0 Å². The molecule has 0 aromatic carbocycles. The summed E-state index contributed by atoms with van der Waals surface area (Å²) in [6.45, 7) is 9.82. The molecule has 1 N–H and O–H groups in total. The molecule has 134 valence electrons. The molecule has 1 spiro atoms. The summed E-state index contributed by atoms with van der Waals surface area (Å²) < 4.78 is 0. The van der Waals surface area contributed by atoms with Crippen LogP contribution in [0.15, 0.2) is 0 Å². The largest absolute Gasteiger partial charge is 0.301 e. The minimum Gasteiger partial charge on any atom is -0.301 e. The molecule has 23 heavy (non-hydrogen) atoms. The number of nitrogens with zero attached hydrogens (tertiary/aromatic N) is 1. The summed E-state index contributed by atoms with van der Waals surface area (Å²) in [5.74, 6) is 0. The Morgan fingerprint density at radius 2 is 1.65 bits per heavy atom. The molecule has 3 rings (SSSR count). The van der Waals surface area contributed by atoms with E-state index in [4.69, 9.17) is 0 Å². The Hall–Kier alpha value is -0.0800. The minimum atomic E-state index is 0.594. The van der Waals surface area contributed by atoms with Gasteiger partial charge in [-0.2, -0.15) is 0 Å². The van der Waals surface area contributed by atoms with Crippen LogP contribution in [0.2, 0.25) is 0 Å². The number of hydrogen-bond donors (Lipinski definition) is 1. The smallest absolute Gasteiger partial charge is 0.0657 e. The highest BCUT2D eigenvalue weighted by Gasteiger charge is 2.50. The van der Waals surface area contributed by atoms with Crippen molar-refractivity contribution in [1.29, 1.82) is 0 Å². The summed E-state index contributed by atoms with van der Waals surface area (Å²) in [5, 5.41) is 3.93. The van der Waals surface area contributed by atoms with Gasteiger partial charge >= 0.3 is 0 Å². The van der Waals surface area contributed by atoms with Gasteiger partial charge in [0, 0.05) is 11.5 Å². The second kappa shape index (κ2) is 7.44. The van der Waals surface area contributed by atoms with Gasteiger partial charge in [-0.25, -0.2) is 0 Å². The zero-order chi connectivity index (χ0) is 16.3. The molecule has 0 amide bonds. The predicted molar refractivity (Wildman–Crippen MR) is 99.6 cm³/mol. The molecule has 0 aromatic rings. The first-order valence-corrected chi connectivity index (χ1v) is 10.6. The van der Waals surface area contributed by atoms with Crippen LogP contribution < -0.4 is 5.32 Å². The van der Waals surface area contributed by atoms with Gasteiger partial charge in [0.1, 0.15) is 0 Å². The van der Waals surface area contributed by atoms with Gasteiger partial charge in [-0.1, -0.05) is 33.1 Å². The Bertz CT molecular complexity index is 362. The Labute approximate surface area is 144 Å². The molecule has 2 heterocycles. The van der Waals surface area contributed by atoms with Gasteiger partial charge in [0.25, 0.3) is 0 Å². The molecular formula is C21H40N2. The zero-order valence-electron chi connectivity index (χ0n) is 16.0. The first-order chi connectivity index (χ1) is 11.1. The van der Waals surface area contributed by atoms with E-state index in [9.17, 15) is 0 Å². The van der Waals surface area contributed by atoms with Crippen LogP contribution in [0.4, 0.5) is 0 Å². The Morgan fingerprint density at radius 3 is 2.26 bits per heavy atom. The number of rotatable bonds is 5. The van der Waals surface area contributed by atoms with Gasteiger partial charge in [-0.05, 0) is 83.2 Å². The normalized spacial score (nSPS) is 34.0. The van der Waals surface area contributed by atoms with Crippen molar-refractivity contribution < 1.29 is 0 Å². The van der Waals surface area contributed by atoms with E-state index in [2.05, 4.69) is 31.0 Å². The van der Waals surface area contributed by atoms with E-state index in [0.717, 1.165) is 6.04 Å². The fourth-order valence-corrected chi connectivity index (χ4v) is 6.27. The molecule has 1 saturated carbocycles. The summed E-state index contributed by atoms with van der Waals surface area (Å²) in [6, 6.07) is 0.786. The van der Waals surface area contributed by atoms with Gasteiger partial charge in [0.2, 0.25) is 0 Å². The summed E-state index contributed by atoms with van der Waals surface area (Å²) in [7, 11) is 0. The van der Waals surface area contributed by atoms with Crippen molar-refractivity contribution in [3.05, 3.63) is 0 Å². The van der Waals surface area contributed by atoms with Crippen LogP contribution in [-0.4, -0.2) is 30.2 Å². The highest BCUT2D eigenvalue weighted by Crippen LogP contribution is 2.55. The average molecular weight is 321 g/mol. The van der Waals surface area contributed by atoms with E-state index in [1.807, 2.05) is 0 Å².